The fourth-order valence-corrected chi connectivity index (χ4v) is 1.76. The van der Waals surface area contributed by atoms with Crippen molar-refractivity contribution in [3.63, 3.8) is 0 Å². The van der Waals surface area contributed by atoms with Crippen molar-refractivity contribution in [1.29, 1.82) is 0 Å². The highest BCUT2D eigenvalue weighted by Crippen LogP contribution is 2.26. The molecule has 15 heavy (non-hydrogen) atoms. The third kappa shape index (κ3) is 2.30. The van der Waals surface area contributed by atoms with Crippen LogP contribution in [0.15, 0.2) is 0 Å². The molecular weight excluding hydrogens is 239 g/mol. The van der Waals surface area contributed by atoms with Gasteiger partial charge in [-0.25, -0.2) is 0 Å². The molecule has 1 aromatic heterocycles. The summed E-state index contributed by atoms with van der Waals surface area (Å²) in [5.41, 5.74) is 0. The second-order valence-corrected chi connectivity index (χ2v) is 3.87. The molecule has 0 bridgehead atoms. The normalized spacial score (nSPS) is 16.6. The largest absolute Gasteiger partial charge is 0.375 e. The maximum atomic E-state index is 5.85. The number of aromatic nitrogens is 3. The molecule has 0 amide bonds. The molecule has 0 radical (unpaired) electrons. The van der Waals surface area contributed by atoms with E-state index in [1.54, 1.807) is 0 Å². The number of hydrogen-bond donors (Lipinski definition) is 0. The predicted molar refractivity (Wildman–Crippen MR) is 57.5 cm³/mol. The molecule has 82 valence electrons. The molecule has 0 atom stereocenters. The molecule has 0 aliphatic carbocycles. The van der Waals surface area contributed by atoms with E-state index in [4.69, 9.17) is 27.9 Å². The van der Waals surface area contributed by atoms with Crippen molar-refractivity contribution in [3.8, 4) is 0 Å². The Morgan fingerprint density at radius 2 is 2.13 bits per heavy atom. The van der Waals surface area contributed by atoms with Crippen LogP contribution in [-0.2, 0) is 4.74 Å². The smallest absolute Gasteiger partial charge is 0.245 e. The molecule has 0 aromatic carbocycles. The van der Waals surface area contributed by atoms with E-state index in [-0.39, 0.29) is 16.5 Å². The predicted octanol–water partition coefficient (Wildman–Crippen LogP) is 1.40. The minimum atomic E-state index is 0.106. The van der Waals surface area contributed by atoms with Crippen molar-refractivity contribution in [2.24, 2.45) is 0 Å². The van der Waals surface area contributed by atoms with Gasteiger partial charge in [0.2, 0.25) is 5.28 Å². The second-order valence-electron chi connectivity index (χ2n) is 3.18. The fraction of sp³-hybridized carbons (Fsp3) is 0.625. The first kappa shape index (κ1) is 10.9. The minimum Gasteiger partial charge on any atom is -0.375 e. The van der Waals surface area contributed by atoms with Gasteiger partial charge in [-0.15, -0.1) is 10.2 Å². The molecule has 7 heteroatoms. The van der Waals surface area contributed by atoms with Crippen LogP contribution in [0.3, 0.4) is 0 Å². The Bertz CT molecular complexity index is 356. The van der Waals surface area contributed by atoms with Gasteiger partial charge in [-0.05, 0) is 18.5 Å². The van der Waals surface area contributed by atoms with Crippen molar-refractivity contribution in [2.45, 2.75) is 13.0 Å². The summed E-state index contributed by atoms with van der Waals surface area (Å²) in [4.78, 5) is 5.98. The lowest BCUT2D eigenvalue weighted by Crippen LogP contribution is -2.52. The van der Waals surface area contributed by atoms with E-state index < -0.39 is 0 Å². The Morgan fingerprint density at radius 1 is 1.40 bits per heavy atom. The van der Waals surface area contributed by atoms with E-state index in [9.17, 15) is 0 Å². The van der Waals surface area contributed by atoms with Gasteiger partial charge in [0, 0.05) is 19.7 Å². The van der Waals surface area contributed by atoms with Gasteiger partial charge >= 0.3 is 0 Å². The van der Waals surface area contributed by atoms with Crippen molar-refractivity contribution in [2.75, 3.05) is 24.6 Å². The van der Waals surface area contributed by atoms with Crippen LogP contribution < -0.4 is 4.90 Å². The van der Waals surface area contributed by atoms with Crippen molar-refractivity contribution in [1.82, 2.24) is 15.2 Å². The highest BCUT2D eigenvalue weighted by Gasteiger charge is 2.30. The molecular formula is C8H10Cl2N4O. The third-order valence-corrected chi connectivity index (χ3v) is 2.56. The molecule has 5 nitrogen and oxygen atoms in total. The highest BCUT2D eigenvalue weighted by molar-refractivity contribution is 6.32. The lowest BCUT2D eigenvalue weighted by atomic mass is 10.2. The van der Waals surface area contributed by atoms with Gasteiger partial charge in [0.1, 0.15) is 0 Å². The number of rotatable bonds is 3. The first-order chi connectivity index (χ1) is 7.20. The van der Waals surface area contributed by atoms with Crippen LogP contribution in [0.5, 0.6) is 0 Å². The molecule has 0 spiro atoms. The summed E-state index contributed by atoms with van der Waals surface area (Å²) in [6.07, 6.45) is 0.250. The molecule has 1 aromatic rings. The van der Waals surface area contributed by atoms with Crippen molar-refractivity contribution < 1.29 is 4.74 Å². The summed E-state index contributed by atoms with van der Waals surface area (Å²) >= 11 is 11.5. The summed E-state index contributed by atoms with van der Waals surface area (Å²) in [6, 6.07) is 0. The van der Waals surface area contributed by atoms with E-state index in [0.29, 0.717) is 5.82 Å². The summed E-state index contributed by atoms with van der Waals surface area (Å²) in [6.45, 7) is 4.22. The minimum absolute atomic E-state index is 0.106. The van der Waals surface area contributed by atoms with Crippen LogP contribution in [0.2, 0.25) is 10.4 Å². The SMILES string of the molecule is CCOC1CN(c2nc(Cl)nnc2Cl)C1. The summed E-state index contributed by atoms with van der Waals surface area (Å²) in [7, 11) is 0. The van der Waals surface area contributed by atoms with Gasteiger partial charge in [0.15, 0.2) is 11.0 Å². The van der Waals surface area contributed by atoms with Crippen LogP contribution in [0.4, 0.5) is 5.82 Å². The summed E-state index contributed by atoms with van der Waals surface area (Å²) in [5, 5.41) is 7.62. The zero-order chi connectivity index (χ0) is 10.8. The lowest BCUT2D eigenvalue weighted by Gasteiger charge is -2.39. The molecule has 2 heterocycles. The fourth-order valence-electron chi connectivity index (χ4n) is 1.44. The zero-order valence-corrected chi connectivity index (χ0v) is 9.66. The summed E-state index contributed by atoms with van der Waals surface area (Å²) < 4.78 is 5.42. The third-order valence-electron chi connectivity index (χ3n) is 2.15. The van der Waals surface area contributed by atoms with E-state index in [0.717, 1.165) is 19.7 Å². The molecule has 1 aliphatic heterocycles. The van der Waals surface area contributed by atoms with Gasteiger partial charge in [-0.3, -0.25) is 0 Å². The Morgan fingerprint density at radius 3 is 2.80 bits per heavy atom. The number of anilines is 1. The molecule has 0 unspecified atom stereocenters. The molecule has 1 fully saturated rings. The maximum Gasteiger partial charge on any atom is 0.245 e. The van der Waals surface area contributed by atoms with E-state index in [1.807, 2.05) is 11.8 Å². The molecule has 2 rings (SSSR count). The number of hydrogen-bond acceptors (Lipinski definition) is 5. The second kappa shape index (κ2) is 4.47. The van der Waals surface area contributed by atoms with Crippen molar-refractivity contribution in [3.05, 3.63) is 10.4 Å². The Balaban J connectivity index is 2.03. The number of nitrogens with zero attached hydrogens (tertiary/aromatic N) is 4. The lowest BCUT2D eigenvalue weighted by molar-refractivity contribution is 0.0427. The summed E-state index contributed by atoms with van der Waals surface area (Å²) in [5.74, 6) is 0.576. The molecule has 0 N–H and O–H groups in total. The van der Waals surface area contributed by atoms with Gasteiger partial charge < -0.3 is 9.64 Å². The monoisotopic (exact) mass is 248 g/mol. The Labute approximate surface area is 97.4 Å². The quantitative estimate of drug-likeness (QED) is 0.810. The van der Waals surface area contributed by atoms with Gasteiger partial charge in [0.25, 0.3) is 0 Å². The average Bonchev–Trinajstić information content (AvgIpc) is 2.15. The Kier molecular flexibility index (Phi) is 3.23. The van der Waals surface area contributed by atoms with Crippen molar-refractivity contribution >= 4 is 29.0 Å². The van der Waals surface area contributed by atoms with Gasteiger partial charge in [0.05, 0.1) is 6.10 Å². The first-order valence-corrected chi connectivity index (χ1v) is 5.38. The Hall–Kier alpha value is -0.650. The highest BCUT2D eigenvalue weighted by atomic mass is 35.5. The average molecular weight is 249 g/mol. The van der Waals surface area contributed by atoms with Crippen LogP contribution in [0.25, 0.3) is 0 Å². The number of ether oxygens (including phenoxy) is 1. The topological polar surface area (TPSA) is 51.1 Å². The zero-order valence-electron chi connectivity index (χ0n) is 8.15. The number of halogens is 2. The molecule has 0 saturated carbocycles. The van der Waals surface area contributed by atoms with Gasteiger partial charge in [-0.2, -0.15) is 4.98 Å². The van der Waals surface area contributed by atoms with Crippen LogP contribution in [-0.4, -0.2) is 41.0 Å². The first-order valence-electron chi connectivity index (χ1n) is 4.63. The maximum absolute atomic E-state index is 5.85. The van der Waals surface area contributed by atoms with Crippen LogP contribution in [0.1, 0.15) is 6.92 Å². The van der Waals surface area contributed by atoms with Crippen LogP contribution in [0, 0.1) is 0 Å². The van der Waals surface area contributed by atoms with Gasteiger partial charge in [-0.1, -0.05) is 11.6 Å². The standard InChI is InChI=1S/C8H10Cl2N4O/c1-2-15-5-3-14(4-5)7-6(9)12-13-8(10)11-7/h5H,2-4H2,1H3. The van der Waals surface area contributed by atoms with E-state index >= 15 is 0 Å². The van der Waals surface area contributed by atoms with Crippen LogP contribution >= 0.6 is 23.2 Å². The van der Waals surface area contributed by atoms with E-state index in [2.05, 4.69) is 15.2 Å². The molecule has 1 aliphatic rings. The molecule has 1 saturated heterocycles. The van der Waals surface area contributed by atoms with E-state index in [1.165, 1.54) is 0 Å².